The number of carbonyl (C=O) groups excluding carboxylic acids is 1. The molecule has 2 aromatic rings. The van der Waals surface area contributed by atoms with Crippen molar-refractivity contribution in [3.05, 3.63) is 65.2 Å². The number of ether oxygens (including phenoxy) is 1. The Morgan fingerprint density at radius 3 is 2.50 bits per heavy atom. The van der Waals surface area contributed by atoms with E-state index in [0.29, 0.717) is 5.69 Å². The van der Waals surface area contributed by atoms with Crippen molar-refractivity contribution in [2.45, 2.75) is 26.0 Å². The van der Waals surface area contributed by atoms with Crippen LogP contribution in [0, 0.1) is 6.92 Å². The van der Waals surface area contributed by atoms with Crippen LogP contribution in [0.5, 0.6) is 0 Å². The zero-order valence-electron chi connectivity index (χ0n) is 13.4. The molecule has 6 nitrogen and oxygen atoms in total. The molecule has 0 aliphatic rings. The highest BCUT2D eigenvalue weighted by Gasteiger charge is 2.21. The highest BCUT2D eigenvalue weighted by Crippen LogP contribution is 2.09. The monoisotopic (exact) mass is 328 g/mol. The molecule has 2 aromatic carbocycles. The highest BCUT2D eigenvalue weighted by molar-refractivity contribution is 5.80. The minimum absolute atomic E-state index is 0.0445. The van der Waals surface area contributed by atoms with Crippen LogP contribution < -0.4 is 11.1 Å². The Labute approximate surface area is 140 Å². The van der Waals surface area contributed by atoms with Crippen LogP contribution in [0.3, 0.4) is 0 Å². The molecule has 0 aromatic heterocycles. The van der Waals surface area contributed by atoms with Crippen LogP contribution in [0.4, 0.5) is 10.5 Å². The van der Waals surface area contributed by atoms with E-state index in [1.54, 1.807) is 24.3 Å². The molecule has 0 unspecified atom stereocenters. The number of benzene rings is 2. The second-order valence-corrected chi connectivity index (χ2v) is 5.55. The number of nitrogen functional groups attached to an aromatic ring is 1. The molecule has 0 saturated heterocycles. The smallest absolute Gasteiger partial charge is 0.408 e. The third-order valence-corrected chi connectivity index (χ3v) is 3.46. The Kier molecular flexibility index (Phi) is 5.78. The Bertz CT molecular complexity index is 713. The van der Waals surface area contributed by atoms with Crippen molar-refractivity contribution in [3.63, 3.8) is 0 Å². The fourth-order valence-corrected chi connectivity index (χ4v) is 2.22. The highest BCUT2D eigenvalue weighted by atomic mass is 16.5. The number of carboxylic acid groups (broad SMARTS) is 1. The zero-order chi connectivity index (χ0) is 17.5. The number of aryl methyl sites for hydroxylation is 1. The van der Waals surface area contributed by atoms with Gasteiger partial charge in [-0.3, -0.25) is 0 Å². The molecule has 0 saturated carbocycles. The molecular weight excluding hydrogens is 308 g/mol. The average Bonchev–Trinajstić information content (AvgIpc) is 2.53. The van der Waals surface area contributed by atoms with Gasteiger partial charge in [-0.25, -0.2) is 9.59 Å². The summed E-state index contributed by atoms with van der Waals surface area (Å²) >= 11 is 0. The third kappa shape index (κ3) is 5.31. The molecule has 6 heteroatoms. The quantitative estimate of drug-likeness (QED) is 0.707. The fraction of sp³-hybridized carbons (Fsp3) is 0.222. The Morgan fingerprint density at radius 2 is 1.88 bits per heavy atom. The molecule has 0 fully saturated rings. The predicted molar refractivity (Wildman–Crippen MR) is 90.5 cm³/mol. The minimum Gasteiger partial charge on any atom is -0.480 e. The van der Waals surface area contributed by atoms with Gasteiger partial charge in [0.2, 0.25) is 0 Å². The largest absolute Gasteiger partial charge is 0.480 e. The van der Waals surface area contributed by atoms with Crippen molar-refractivity contribution in [2.24, 2.45) is 0 Å². The topological polar surface area (TPSA) is 102 Å². The van der Waals surface area contributed by atoms with E-state index in [1.807, 2.05) is 31.2 Å². The number of rotatable bonds is 6. The molecule has 0 aliphatic carbocycles. The first-order valence-corrected chi connectivity index (χ1v) is 7.50. The molecule has 0 heterocycles. The van der Waals surface area contributed by atoms with Crippen molar-refractivity contribution in [3.8, 4) is 0 Å². The normalized spacial score (nSPS) is 11.5. The molecule has 2 rings (SSSR count). The number of amides is 1. The van der Waals surface area contributed by atoms with Crippen molar-refractivity contribution in [1.82, 2.24) is 5.32 Å². The summed E-state index contributed by atoms with van der Waals surface area (Å²) in [4.78, 5) is 23.2. The summed E-state index contributed by atoms with van der Waals surface area (Å²) in [7, 11) is 0. The lowest BCUT2D eigenvalue weighted by Gasteiger charge is -2.15. The van der Waals surface area contributed by atoms with E-state index in [4.69, 9.17) is 10.5 Å². The Balaban J connectivity index is 1.91. The molecule has 0 radical (unpaired) electrons. The maximum Gasteiger partial charge on any atom is 0.408 e. The predicted octanol–water partition coefficient (Wildman–Crippen LogP) is 2.50. The summed E-state index contributed by atoms with van der Waals surface area (Å²) in [5.74, 6) is -1.11. The SMILES string of the molecule is Cc1cccc(C[C@H](NC(=O)OCc2ccc(N)cc2)C(=O)O)c1. The maximum atomic E-state index is 11.8. The molecule has 0 bridgehead atoms. The zero-order valence-corrected chi connectivity index (χ0v) is 13.4. The lowest BCUT2D eigenvalue weighted by atomic mass is 10.0. The van der Waals surface area contributed by atoms with Crippen LogP contribution in [-0.4, -0.2) is 23.2 Å². The summed E-state index contributed by atoms with van der Waals surface area (Å²) in [6, 6.07) is 13.3. The number of alkyl carbamates (subject to hydrolysis) is 1. The van der Waals surface area contributed by atoms with Crippen molar-refractivity contribution in [2.75, 3.05) is 5.73 Å². The summed E-state index contributed by atoms with van der Waals surface area (Å²) < 4.78 is 5.06. The maximum absolute atomic E-state index is 11.8. The molecule has 1 amide bonds. The van der Waals surface area contributed by atoms with E-state index in [2.05, 4.69) is 5.32 Å². The van der Waals surface area contributed by atoms with Crippen LogP contribution in [0.2, 0.25) is 0 Å². The molecular formula is C18H20N2O4. The van der Waals surface area contributed by atoms with Gasteiger partial charge < -0.3 is 20.9 Å². The van der Waals surface area contributed by atoms with Gasteiger partial charge in [-0.1, -0.05) is 42.0 Å². The van der Waals surface area contributed by atoms with Gasteiger partial charge in [-0.2, -0.15) is 0 Å². The summed E-state index contributed by atoms with van der Waals surface area (Å²) in [6.07, 6.45) is -0.583. The summed E-state index contributed by atoms with van der Waals surface area (Å²) in [5.41, 5.74) is 8.83. The Hall–Kier alpha value is -3.02. The first-order chi connectivity index (χ1) is 11.4. The van der Waals surface area contributed by atoms with Gasteiger partial charge in [-0.05, 0) is 30.2 Å². The second kappa shape index (κ2) is 8.01. The number of hydrogen-bond acceptors (Lipinski definition) is 4. The number of carboxylic acids is 1. The molecule has 0 aliphatic heterocycles. The summed E-state index contributed by atoms with van der Waals surface area (Å²) in [5, 5.41) is 11.7. The van der Waals surface area contributed by atoms with E-state index >= 15 is 0 Å². The number of hydrogen-bond donors (Lipinski definition) is 3. The van der Waals surface area contributed by atoms with E-state index < -0.39 is 18.1 Å². The number of nitrogens with one attached hydrogen (secondary N) is 1. The lowest BCUT2D eigenvalue weighted by Crippen LogP contribution is -2.42. The fourth-order valence-electron chi connectivity index (χ4n) is 2.22. The van der Waals surface area contributed by atoms with Crippen LogP contribution >= 0.6 is 0 Å². The van der Waals surface area contributed by atoms with E-state index in [-0.39, 0.29) is 13.0 Å². The van der Waals surface area contributed by atoms with Crippen LogP contribution in [-0.2, 0) is 22.6 Å². The number of nitrogens with two attached hydrogens (primary N) is 1. The van der Waals surface area contributed by atoms with Gasteiger partial charge in [0.25, 0.3) is 0 Å². The third-order valence-electron chi connectivity index (χ3n) is 3.46. The lowest BCUT2D eigenvalue weighted by molar-refractivity contribution is -0.139. The first kappa shape index (κ1) is 17.3. The number of anilines is 1. The van der Waals surface area contributed by atoms with E-state index in [1.165, 1.54) is 0 Å². The van der Waals surface area contributed by atoms with Crippen molar-refractivity contribution < 1.29 is 19.4 Å². The Morgan fingerprint density at radius 1 is 1.17 bits per heavy atom. The minimum atomic E-state index is -1.11. The van der Waals surface area contributed by atoms with E-state index in [0.717, 1.165) is 16.7 Å². The van der Waals surface area contributed by atoms with Crippen molar-refractivity contribution >= 4 is 17.7 Å². The van der Waals surface area contributed by atoms with E-state index in [9.17, 15) is 14.7 Å². The number of aliphatic carboxylic acids is 1. The first-order valence-electron chi connectivity index (χ1n) is 7.50. The van der Waals surface area contributed by atoms with Crippen LogP contribution in [0.25, 0.3) is 0 Å². The van der Waals surface area contributed by atoms with Gasteiger partial charge in [0.1, 0.15) is 12.6 Å². The average molecular weight is 328 g/mol. The van der Waals surface area contributed by atoms with Gasteiger partial charge in [-0.15, -0.1) is 0 Å². The molecule has 4 N–H and O–H groups in total. The van der Waals surface area contributed by atoms with Gasteiger partial charge in [0.15, 0.2) is 0 Å². The molecule has 126 valence electrons. The molecule has 1 atom stereocenters. The van der Waals surface area contributed by atoms with Crippen LogP contribution in [0.15, 0.2) is 48.5 Å². The number of carbonyl (C=O) groups is 2. The standard InChI is InChI=1S/C18H20N2O4/c1-12-3-2-4-14(9-12)10-16(17(21)22)20-18(23)24-11-13-5-7-15(19)8-6-13/h2-9,16H,10-11,19H2,1H3,(H,20,23)(H,21,22)/t16-/m0/s1. The van der Waals surface area contributed by atoms with Gasteiger partial charge >= 0.3 is 12.1 Å². The molecule has 24 heavy (non-hydrogen) atoms. The molecule has 0 spiro atoms. The van der Waals surface area contributed by atoms with Gasteiger partial charge in [0, 0.05) is 12.1 Å². The second-order valence-electron chi connectivity index (χ2n) is 5.55. The summed E-state index contributed by atoms with van der Waals surface area (Å²) in [6.45, 7) is 1.97. The van der Waals surface area contributed by atoms with Gasteiger partial charge in [0.05, 0.1) is 0 Å². The van der Waals surface area contributed by atoms with Crippen molar-refractivity contribution in [1.29, 1.82) is 0 Å². The van der Waals surface area contributed by atoms with Crippen LogP contribution in [0.1, 0.15) is 16.7 Å².